The first kappa shape index (κ1) is 19.4. The molecule has 3 rings (SSSR count). The van der Waals surface area contributed by atoms with Crippen molar-refractivity contribution in [2.24, 2.45) is 0 Å². The number of carbonyl (C=O) groups excluding carboxylic acids is 2. The van der Waals surface area contributed by atoms with Crippen molar-refractivity contribution in [1.82, 2.24) is 10.2 Å². The molecule has 0 bridgehead atoms. The average molecular weight is 376 g/mol. The van der Waals surface area contributed by atoms with E-state index < -0.39 is 0 Å². The Hall–Kier alpha value is -3.34. The van der Waals surface area contributed by atoms with Crippen LogP contribution in [-0.2, 0) is 4.79 Å². The van der Waals surface area contributed by atoms with E-state index in [-0.39, 0.29) is 36.1 Å². The van der Waals surface area contributed by atoms with Gasteiger partial charge in [0.2, 0.25) is 5.91 Å². The predicted molar refractivity (Wildman–Crippen MR) is 108 cm³/mol. The summed E-state index contributed by atoms with van der Waals surface area (Å²) in [6.45, 7) is 1.94. The van der Waals surface area contributed by atoms with Crippen LogP contribution in [0.5, 0.6) is 0 Å². The molecule has 0 radical (unpaired) electrons. The van der Waals surface area contributed by atoms with Gasteiger partial charge in [0.15, 0.2) is 5.76 Å². The number of furan rings is 1. The smallest absolute Gasteiger partial charge is 0.289 e. The topological polar surface area (TPSA) is 62.6 Å². The molecule has 1 unspecified atom stereocenters. The molecule has 1 aromatic heterocycles. The van der Waals surface area contributed by atoms with Gasteiger partial charge in [-0.1, -0.05) is 60.7 Å². The SMILES string of the molecule is CC(NC(=O)CN(C)C(=O)c1ccco1)C(c1ccccc1)c1ccccc1. The fraction of sp³-hybridized carbons (Fsp3) is 0.217. The van der Waals surface area contributed by atoms with Crippen LogP contribution in [-0.4, -0.2) is 36.3 Å². The van der Waals surface area contributed by atoms with Gasteiger partial charge in [0, 0.05) is 19.0 Å². The van der Waals surface area contributed by atoms with Crippen molar-refractivity contribution in [3.8, 4) is 0 Å². The summed E-state index contributed by atoms with van der Waals surface area (Å²) >= 11 is 0. The van der Waals surface area contributed by atoms with Crippen molar-refractivity contribution in [3.63, 3.8) is 0 Å². The number of nitrogens with one attached hydrogen (secondary N) is 1. The molecule has 5 nitrogen and oxygen atoms in total. The van der Waals surface area contributed by atoms with E-state index in [9.17, 15) is 9.59 Å². The predicted octanol–water partition coefficient (Wildman–Crippen LogP) is 3.69. The van der Waals surface area contributed by atoms with Crippen molar-refractivity contribution in [3.05, 3.63) is 95.9 Å². The molecule has 0 aliphatic rings. The number of hydrogen-bond acceptors (Lipinski definition) is 3. The van der Waals surface area contributed by atoms with E-state index in [4.69, 9.17) is 4.42 Å². The molecule has 0 saturated heterocycles. The standard InChI is InChI=1S/C23H24N2O3/c1-17(24-21(26)16-25(2)23(27)20-14-9-15-28-20)22(18-10-5-3-6-11-18)19-12-7-4-8-13-19/h3-15,17,22H,16H2,1-2H3,(H,24,26). The van der Waals surface area contributed by atoms with Crippen LogP contribution in [0, 0.1) is 0 Å². The first-order valence-electron chi connectivity index (χ1n) is 9.24. The monoisotopic (exact) mass is 376 g/mol. The molecule has 2 aromatic carbocycles. The van der Waals surface area contributed by atoms with Gasteiger partial charge in [0.1, 0.15) is 0 Å². The third-order valence-electron chi connectivity index (χ3n) is 4.67. The van der Waals surface area contributed by atoms with E-state index in [0.29, 0.717) is 0 Å². The molecule has 1 heterocycles. The maximum Gasteiger partial charge on any atom is 0.289 e. The number of nitrogens with zero attached hydrogens (tertiary/aromatic N) is 1. The molecule has 2 amide bonds. The molecule has 1 N–H and O–H groups in total. The summed E-state index contributed by atoms with van der Waals surface area (Å²) in [6, 6.07) is 23.3. The molecule has 28 heavy (non-hydrogen) atoms. The van der Waals surface area contributed by atoms with Gasteiger partial charge in [-0.3, -0.25) is 9.59 Å². The number of benzene rings is 2. The van der Waals surface area contributed by atoms with E-state index in [0.717, 1.165) is 11.1 Å². The molecule has 144 valence electrons. The molecule has 0 fully saturated rings. The second-order valence-electron chi connectivity index (χ2n) is 6.79. The van der Waals surface area contributed by atoms with Crippen LogP contribution in [0.2, 0.25) is 0 Å². The Bertz CT molecular complexity index is 853. The average Bonchev–Trinajstić information content (AvgIpc) is 3.24. The Balaban J connectivity index is 1.70. The van der Waals surface area contributed by atoms with Gasteiger partial charge in [-0.15, -0.1) is 0 Å². The van der Waals surface area contributed by atoms with Gasteiger partial charge in [-0.2, -0.15) is 0 Å². The molecule has 0 saturated carbocycles. The third kappa shape index (κ3) is 4.68. The highest BCUT2D eigenvalue weighted by atomic mass is 16.3. The van der Waals surface area contributed by atoms with E-state index in [1.807, 2.05) is 43.3 Å². The zero-order chi connectivity index (χ0) is 19.9. The van der Waals surface area contributed by atoms with Gasteiger partial charge >= 0.3 is 0 Å². The van der Waals surface area contributed by atoms with Crippen molar-refractivity contribution in [1.29, 1.82) is 0 Å². The Labute approximate surface area is 165 Å². The van der Waals surface area contributed by atoms with Gasteiger partial charge in [0.25, 0.3) is 5.91 Å². The van der Waals surface area contributed by atoms with E-state index >= 15 is 0 Å². The Morgan fingerprint density at radius 1 is 0.929 bits per heavy atom. The van der Waals surface area contributed by atoms with E-state index in [1.54, 1.807) is 19.2 Å². The summed E-state index contributed by atoms with van der Waals surface area (Å²) in [4.78, 5) is 26.2. The highest BCUT2D eigenvalue weighted by Crippen LogP contribution is 2.27. The molecule has 3 aromatic rings. The molecule has 0 aliphatic heterocycles. The Morgan fingerprint density at radius 3 is 2.00 bits per heavy atom. The summed E-state index contributed by atoms with van der Waals surface area (Å²) < 4.78 is 5.11. The summed E-state index contributed by atoms with van der Waals surface area (Å²) in [5.41, 5.74) is 2.25. The lowest BCUT2D eigenvalue weighted by Crippen LogP contribution is -2.44. The maximum atomic E-state index is 12.6. The Morgan fingerprint density at radius 2 is 1.50 bits per heavy atom. The largest absolute Gasteiger partial charge is 0.459 e. The molecule has 0 spiro atoms. The number of rotatable bonds is 7. The van der Waals surface area contributed by atoms with Gasteiger partial charge in [-0.05, 0) is 30.2 Å². The molecular formula is C23H24N2O3. The summed E-state index contributed by atoms with van der Waals surface area (Å²) in [7, 11) is 1.58. The first-order valence-corrected chi connectivity index (χ1v) is 9.24. The van der Waals surface area contributed by atoms with E-state index in [2.05, 4.69) is 29.6 Å². The van der Waals surface area contributed by atoms with Gasteiger partial charge in [0.05, 0.1) is 12.8 Å². The fourth-order valence-corrected chi connectivity index (χ4v) is 3.35. The zero-order valence-corrected chi connectivity index (χ0v) is 16.0. The van der Waals surface area contributed by atoms with E-state index in [1.165, 1.54) is 11.2 Å². The van der Waals surface area contributed by atoms with Crippen LogP contribution >= 0.6 is 0 Å². The van der Waals surface area contributed by atoms with Crippen LogP contribution in [0.15, 0.2) is 83.5 Å². The van der Waals surface area contributed by atoms with Crippen LogP contribution < -0.4 is 5.32 Å². The summed E-state index contributed by atoms with van der Waals surface area (Å²) in [5, 5.41) is 3.04. The highest BCUT2D eigenvalue weighted by molar-refractivity contribution is 5.94. The van der Waals surface area contributed by atoms with Crippen molar-refractivity contribution >= 4 is 11.8 Å². The van der Waals surface area contributed by atoms with Crippen molar-refractivity contribution in [2.45, 2.75) is 18.9 Å². The number of hydrogen-bond donors (Lipinski definition) is 1. The molecule has 0 aliphatic carbocycles. The lowest BCUT2D eigenvalue weighted by atomic mass is 9.86. The minimum Gasteiger partial charge on any atom is -0.459 e. The lowest BCUT2D eigenvalue weighted by molar-refractivity contribution is -0.122. The van der Waals surface area contributed by atoms with Crippen LogP contribution in [0.4, 0.5) is 0 Å². The molecule has 1 atom stereocenters. The molecule has 5 heteroatoms. The minimum atomic E-state index is -0.324. The summed E-state index contributed by atoms with van der Waals surface area (Å²) in [6.07, 6.45) is 1.44. The van der Waals surface area contributed by atoms with Crippen LogP contribution in [0.1, 0.15) is 34.5 Å². The number of amides is 2. The maximum absolute atomic E-state index is 12.6. The second kappa shape index (κ2) is 9.04. The van der Waals surface area contributed by atoms with Crippen LogP contribution in [0.3, 0.4) is 0 Å². The van der Waals surface area contributed by atoms with Gasteiger partial charge in [-0.25, -0.2) is 0 Å². The van der Waals surface area contributed by atoms with Crippen molar-refractivity contribution < 1.29 is 14.0 Å². The summed E-state index contributed by atoms with van der Waals surface area (Å²) in [5.74, 6) is -0.311. The van der Waals surface area contributed by atoms with Crippen LogP contribution in [0.25, 0.3) is 0 Å². The zero-order valence-electron chi connectivity index (χ0n) is 16.0. The number of likely N-dealkylation sites (N-methyl/N-ethyl adjacent to an activating group) is 1. The quantitative estimate of drug-likeness (QED) is 0.684. The minimum absolute atomic E-state index is 0.0115. The lowest BCUT2D eigenvalue weighted by Gasteiger charge is -2.27. The fourth-order valence-electron chi connectivity index (χ4n) is 3.35. The Kier molecular flexibility index (Phi) is 6.27. The number of carbonyl (C=O) groups is 2. The van der Waals surface area contributed by atoms with Crippen molar-refractivity contribution in [2.75, 3.05) is 13.6 Å². The first-order chi connectivity index (χ1) is 13.6. The second-order valence-corrected chi connectivity index (χ2v) is 6.79. The highest BCUT2D eigenvalue weighted by Gasteiger charge is 2.24. The molecular weight excluding hydrogens is 352 g/mol. The third-order valence-corrected chi connectivity index (χ3v) is 4.67. The normalized spacial score (nSPS) is 11.8. The van der Waals surface area contributed by atoms with Gasteiger partial charge < -0.3 is 14.6 Å².